The van der Waals surface area contributed by atoms with Crippen molar-refractivity contribution in [3.05, 3.63) is 39.9 Å². The number of methoxy groups -OCH3 is 1. The maximum absolute atomic E-state index is 11.3. The van der Waals surface area contributed by atoms with E-state index in [0.29, 0.717) is 31.8 Å². The van der Waals surface area contributed by atoms with Crippen molar-refractivity contribution >= 4 is 11.7 Å². The number of hydrogen-bond acceptors (Lipinski definition) is 6. The number of rotatable bonds is 5. The molecule has 114 valence electrons. The Morgan fingerprint density at radius 1 is 1.52 bits per heavy atom. The first-order chi connectivity index (χ1) is 10.1. The topological polar surface area (TPSA) is 81.9 Å². The minimum absolute atomic E-state index is 0.119. The lowest BCUT2D eigenvalue weighted by molar-refractivity contribution is -0.385. The Morgan fingerprint density at radius 2 is 2.29 bits per heavy atom. The molecule has 1 unspecified atom stereocenters. The quantitative estimate of drug-likeness (QED) is 0.463. The molecule has 0 aromatic heterocycles. The third-order valence-corrected chi connectivity index (χ3v) is 3.43. The number of carbonyl (C=O) groups is 1. The lowest BCUT2D eigenvalue weighted by Crippen LogP contribution is -2.42. The van der Waals surface area contributed by atoms with Gasteiger partial charge in [0.2, 0.25) is 0 Å². The van der Waals surface area contributed by atoms with Crippen LogP contribution < -0.4 is 0 Å². The second-order valence-electron chi connectivity index (χ2n) is 4.89. The minimum Gasteiger partial charge on any atom is -0.469 e. The fourth-order valence-corrected chi connectivity index (χ4v) is 2.38. The van der Waals surface area contributed by atoms with Crippen molar-refractivity contribution < 1.29 is 19.2 Å². The van der Waals surface area contributed by atoms with Gasteiger partial charge in [-0.25, -0.2) is 0 Å². The van der Waals surface area contributed by atoms with E-state index >= 15 is 0 Å². The van der Waals surface area contributed by atoms with E-state index in [1.165, 1.54) is 13.2 Å². The summed E-state index contributed by atoms with van der Waals surface area (Å²) in [5, 5.41) is 11.0. The van der Waals surface area contributed by atoms with Gasteiger partial charge in [0.1, 0.15) is 0 Å². The van der Waals surface area contributed by atoms with Crippen LogP contribution in [0.25, 0.3) is 0 Å². The molecule has 1 aliphatic heterocycles. The Hall–Kier alpha value is -1.99. The summed E-state index contributed by atoms with van der Waals surface area (Å²) in [6, 6.07) is 6.69. The summed E-state index contributed by atoms with van der Waals surface area (Å²) < 4.78 is 10.1. The standard InChI is InChI=1S/C14H18N2O5/c1-20-14(17)8-12-10-15(6-7-21-12)9-11-4-2-3-5-13(11)16(18)19/h2-5,12H,6-10H2,1H3. The average Bonchev–Trinajstić information content (AvgIpc) is 2.48. The molecule has 0 aliphatic carbocycles. The molecule has 0 spiro atoms. The number of nitro groups is 1. The first-order valence-corrected chi connectivity index (χ1v) is 6.73. The monoisotopic (exact) mass is 294 g/mol. The highest BCUT2D eigenvalue weighted by molar-refractivity contribution is 5.69. The number of carbonyl (C=O) groups excluding carboxylic acids is 1. The predicted molar refractivity (Wildman–Crippen MR) is 74.7 cm³/mol. The molecule has 7 nitrogen and oxygen atoms in total. The van der Waals surface area contributed by atoms with E-state index in [1.54, 1.807) is 18.2 Å². The smallest absolute Gasteiger partial charge is 0.308 e. The summed E-state index contributed by atoms with van der Waals surface area (Å²) >= 11 is 0. The highest BCUT2D eigenvalue weighted by Gasteiger charge is 2.25. The summed E-state index contributed by atoms with van der Waals surface area (Å²) in [6.45, 7) is 2.21. The number of nitro benzene ring substituents is 1. The van der Waals surface area contributed by atoms with Gasteiger partial charge < -0.3 is 9.47 Å². The van der Waals surface area contributed by atoms with E-state index in [1.807, 2.05) is 0 Å². The highest BCUT2D eigenvalue weighted by atomic mass is 16.6. The lowest BCUT2D eigenvalue weighted by Gasteiger charge is -2.32. The number of benzene rings is 1. The fourth-order valence-electron chi connectivity index (χ4n) is 2.38. The Bertz CT molecular complexity index is 520. The van der Waals surface area contributed by atoms with Crippen molar-refractivity contribution in [1.29, 1.82) is 0 Å². The Balaban J connectivity index is 1.99. The molecule has 1 saturated heterocycles. The molecule has 0 saturated carbocycles. The molecule has 2 rings (SSSR count). The van der Waals surface area contributed by atoms with Crippen LogP contribution in [-0.4, -0.2) is 48.7 Å². The van der Waals surface area contributed by atoms with Crippen LogP contribution in [0.15, 0.2) is 24.3 Å². The molecular weight excluding hydrogens is 276 g/mol. The largest absolute Gasteiger partial charge is 0.469 e. The van der Waals surface area contributed by atoms with E-state index in [0.717, 1.165) is 0 Å². The summed E-state index contributed by atoms with van der Waals surface area (Å²) in [4.78, 5) is 24.0. The molecule has 1 aromatic rings. The highest BCUT2D eigenvalue weighted by Crippen LogP contribution is 2.21. The Morgan fingerprint density at radius 3 is 3.00 bits per heavy atom. The van der Waals surface area contributed by atoms with Crippen molar-refractivity contribution in [2.45, 2.75) is 19.1 Å². The van der Waals surface area contributed by atoms with E-state index in [9.17, 15) is 14.9 Å². The van der Waals surface area contributed by atoms with Gasteiger partial charge in [-0.05, 0) is 0 Å². The number of para-hydroxylation sites is 1. The molecular formula is C14H18N2O5. The SMILES string of the molecule is COC(=O)CC1CN(Cc2ccccc2[N+](=O)[O-])CCO1. The maximum atomic E-state index is 11.3. The van der Waals surface area contributed by atoms with Gasteiger partial charge in [-0.15, -0.1) is 0 Å². The lowest BCUT2D eigenvalue weighted by atomic mass is 10.1. The summed E-state index contributed by atoms with van der Waals surface area (Å²) in [7, 11) is 1.34. The van der Waals surface area contributed by atoms with Crippen LogP contribution in [0.3, 0.4) is 0 Å². The third kappa shape index (κ3) is 4.24. The van der Waals surface area contributed by atoms with Crippen LogP contribution >= 0.6 is 0 Å². The number of ether oxygens (including phenoxy) is 2. The summed E-state index contributed by atoms with van der Waals surface area (Å²) in [5.74, 6) is -0.312. The molecule has 1 aliphatic rings. The number of nitrogens with zero attached hydrogens (tertiary/aromatic N) is 2. The normalized spacial score (nSPS) is 19.2. The van der Waals surface area contributed by atoms with Crippen LogP contribution in [0.5, 0.6) is 0 Å². The van der Waals surface area contributed by atoms with E-state index in [4.69, 9.17) is 4.74 Å². The summed E-state index contributed by atoms with van der Waals surface area (Å²) in [6.07, 6.45) is -0.0295. The molecule has 1 fully saturated rings. The van der Waals surface area contributed by atoms with E-state index in [-0.39, 0.29) is 29.1 Å². The third-order valence-electron chi connectivity index (χ3n) is 3.43. The van der Waals surface area contributed by atoms with Crippen molar-refractivity contribution in [3.63, 3.8) is 0 Å². The van der Waals surface area contributed by atoms with Gasteiger partial charge in [0.25, 0.3) is 5.69 Å². The van der Waals surface area contributed by atoms with Crippen molar-refractivity contribution in [3.8, 4) is 0 Å². The Kier molecular flexibility index (Phi) is 5.24. The summed E-state index contributed by atoms with van der Waals surface area (Å²) in [5.41, 5.74) is 0.787. The number of hydrogen-bond donors (Lipinski definition) is 0. The van der Waals surface area contributed by atoms with Crippen molar-refractivity contribution in [2.24, 2.45) is 0 Å². The van der Waals surface area contributed by atoms with Gasteiger partial charge in [0, 0.05) is 31.3 Å². The van der Waals surface area contributed by atoms with Gasteiger partial charge in [-0.1, -0.05) is 18.2 Å². The van der Waals surface area contributed by atoms with Crippen LogP contribution in [0.4, 0.5) is 5.69 Å². The Labute approximate surface area is 122 Å². The maximum Gasteiger partial charge on any atom is 0.308 e. The second-order valence-corrected chi connectivity index (χ2v) is 4.89. The molecule has 21 heavy (non-hydrogen) atoms. The zero-order chi connectivity index (χ0) is 15.2. The fraction of sp³-hybridized carbons (Fsp3) is 0.500. The molecule has 0 bridgehead atoms. The molecule has 0 radical (unpaired) electrons. The first-order valence-electron chi connectivity index (χ1n) is 6.73. The van der Waals surface area contributed by atoms with Crippen molar-refractivity contribution in [2.75, 3.05) is 26.8 Å². The van der Waals surface area contributed by atoms with Crippen LogP contribution in [0.1, 0.15) is 12.0 Å². The molecule has 1 heterocycles. The van der Waals surface area contributed by atoms with Crippen molar-refractivity contribution in [1.82, 2.24) is 4.90 Å². The number of esters is 1. The van der Waals surface area contributed by atoms with E-state index < -0.39 is 0 Å². The molecule has 1 aromatic carbocycles. The van der Waals surface area contributed by atoms with Gasteiger partial charge in [0.15, 0.2) is 0 Å². The van der Waals surface area contributed by atoms with Crippen LogP contribution in [0, 0.1) is 10.1 Å². The molecule has 1 atom stereocenters. The average molecular weight is 294 g/mol. The molecule has 0 amide bonds. The predicted octanol–water partition coefficient (Wildman–Crippen LogP) is 1.36. The first kappa shape index (κ1) is 15.4. The number of morpholine rings is 1. The second kappa shape index (κ2) is 7.14. The van der Waals surface area contributed by atoms with Crippen LogP contribution in [-0.2, 0) is 20.8 Å². The zero-order valence-corrected chi connectivity index (χ0v) is 11.9. The van der Waals surface area contributed by atoms with Crippen LogP contribution in [0.2, 0.25) is 0 Å². The molecule has 7 heteroatoms. The van der Waals surface area contributed by atoms with Gasteiger partial charge in [-0.2, -0.15) is 0 Å². The molecule has 0 N–H and O–H groups in total. The van der Waals surface area contributed by atoms with E-state index in [2.05, 4.69) is 9.64 Å². The minimum atomic E-state index is -0.373. The zero-order valence-electron chi connectivity index (χ0n) is 11.9. The van der Waals surface area contributed by atoms with Gasteiger partial charge in [-0.3, -0.25) is 19.8 Å². The van der Waals surface area contributed by atoms with Gasteiger partial charge >= 0.3 is 5.97 Å². The van der Waals surface area contributed by atoms with Gasteiger partial charge in [0.05, 0.1) is 31.2 Å².